The lowest BCUT2D eigenvalue weighted by atomic mass is 10.7. The maximum atomic E-state index is 11.9. The van der Waals surface area contributed by atoms with E-state index in [1.807, 2.05) is 0 Å². The van der Waals surface area contributed by atoms with E-state index in [1.165, 1.54) is 12.3 Å². The monoisotopic (exact) mass is 256 g/mol. The summed E-state index contributed by atoms with van der Waals surface area (Å²) in [5.74, 6) is 0. The summed E-state index contributed by atoms with van der Waals surface area (Å²) in [6, 6.07) is 1.99. The normalized spacial score (nSPS) is 12.6. The van der Waals surface area contributed by atoms with E-state index in [9.17, 15) is 4.79 Å². The second-order valence-corrected chi connectivity index (χ2v) is 15.0. The van der Waals surface area contributed by atoms with Crippen LogP contribution in [0.15, 0.2) is 17.1 Å². The van der Waals surface area contributed by atoms with Crippen molar-refractivity contribution in [3.63, 3.8) is 0 Å². The predicted octanol–water partition coefficient (Wildman–Crippen LogP) is 2.14. The fourth-order valence-corrected chi connectivity index (χ4v) is 3.55. The Labute approximate surface area is 98.5 Å². The minimum absolute atomic E-state index is 0.0117. The quantitative estimate of drug-likeness (QED) is 0.778. The van der Waals surface area contributed by atoms with E-state index in [0.29, 0.717) is 6.01 Å². The van der Waals surface area contributed by atoms with Crippen LogP contribution in [0.3, 0.4) is 0 Å². The number of hydrogen-bond acceptors (Lipinski definition) is 3. The number of hydrogen-bond donors (Lipinski definition) is 0. The lowest BCUT2D eigenvalue weighted by Crippen LogP contribution is -2.44. The summed E-state index contributed by atoms with van der Waals surface area (Å²) in [6.45, 7) is 12.6. The fraction of sp³-hybridized carbons (Fsp3) is 0.600. The van der Waals surface area contributed by atoms with Crippen LogP contribution in [-0.2, 0) is 0 Å². The molecule has 4 nitrogen and oxygen atoms in total. The Hall–Kier alpha value is -0.886. The first-order chi connectivity index (χ1) is 7.11. The first-order valence-electron chi connectivity index (χ1n) is 5.39. The highest BCUT2D eigenvalue weighted by molar-refractivity contribution is 6.75. The zero-order valence-corrected chi connectivity index (χ0v) is 12.9. The molecule has 0 saturated heterocycles. The molecule has 16 heavy (non-hydrogen) atoms. The molecule has 0 aliphatic carbocycles. The molecular formula is C10H20N2O2Si2. The van der Waals surface area contributed by atoms with Gasteiger partial charge in [0.2, 0.25) is 13.9 Å². The molecule has 0 N–H and O–H groups in total. The van der Waals surface area contributed by atoms with E-state index in [1.54, 1.807) is 4.23 Å². The third kappa shape index (κ3) is 3.31. The van der Waals surface area contributed by atoms with Crippen molar-refractivity contribution in [2.45, 2.75) is 39.3 Å². The van der Waals surface area contributed by atoms with Gasteiger partial charge in [0.15, 0.2) is 8.24 Å². The molecule has 0 bridgehead atoms. The second-order valence-electron chi connectivity index (χ2n) is 5.79. The predicted molar refractivity (Wildman–Crippen MR) is 71.2 cm³/mol. The molecule has 0 aliphatic heterocycles. The van der Waals surface area contributed by atoms with Crippen molar-refractivity contribution in [1.29, 1.82) is 0 Å². The molecule has 0 fully saturated rings. The first-order valence-corrected chi connectivity index (χ1v) is 12.2. The maximum Gasteiger partial charge on any atom is 0.276 e. The topological polar surface area (TPSA) is 44.1 Å². The fourth-order valence-electron chi connectivity index (χ4n) is 1.35. The zero-order valence-electron chi connectivity index (χ0n) is 10.9. The van der Waals surface area contributed by atoms with Gasteiger partial charge in [-0.15, -0.1) is 0 Å². The van der Waals surface area contributed by atoms with Gasteiger partial charge in [0.05, 0.1) is 0 Å². The lowest BCUT2D eigenvalue weighted by Gasteiger charge is -2.26. The maximum absolute atomic E-state index is 11.9. The SMILES string of the molecule is C[Si](C)(C)Oc1nccc(=O)n1[Si](C)(C)C. The van der Waals surface area contributed by atoms with Crippen LogP contribution in [0, 0.1) is 0 Å². The lowest BCUT2D eigenvalue weighted by molar-refractivity contribution is 0.493. The summed E-state index contributed by atoms with van der Waals surface area (Å²) in [4.78, 5) is 16.1. The Balaban J connectivity index is 3.30. The Morgan fingerprint density at radius 3 is 2.19 bits per heavy atom. The van der Waals surface area contributed by atoms with Gasteiger partial charge in [-0.2, -0.15) is 0 Å². The van der Waals surface area contributed by atoms with Gasteiger partial charge >= 0.3 is 0 Å². The van der Waals surface area contributed by atoms with Crippen LogP contribution >= 0.6 is 0 Å². The van der Waals surface area contributed by atoms with Gasteiger partial charge in [-0.3, -0.25) is 9.03 Å². The third-order valence-corrected chi connectivity index (χ3v) is 4.43. The van der Waals surface area contributed by atoms with E-state index in [-0.39, 0.29) is 5.56 Å². The van der Waals surface area contributed by atoms with Crippen molar-refractivity contribution in [1.82, 2.24) is 9.22 Å². The highest BCUT2D eigenvalue weighted by atomic mass is 28.4. The second kappa shape index (κ2) is 4.17. The van der Waals surface area contributed by atoms with Crippen LogP contribution in [0.25, 0.3) is 0 Å². The van der Waals surface area contributed by atoms with Crippen LogP contribution < -0.4 is 9.99 Å². The van der Waals surface area contributed by atoms with Crippen LogP contribution in [-0.4, -0.2) is 25.8 Å². The van der Waals surface area contributed by atoms with Gasteiger partial charge < -0.3 is 4.43 Å². The summed E-state index contributed by atoms with van der Waals surface area (Å²) in [6.07, 6.45) is 1.52. The summed E-state index contributed by atoms with van der Waals surface area (Å²) in [7, 11) is -3.51. The molecule has 1 aromatic rings. The van der Waals surface area contributed by atoms with Gasteiger partial charge in [-0.05, 0) is 19.6 Å². The van der Waals surface area contributed by atoms with Gasteiger partial charge in [-0.25, -0.2) is 4.98 Å². The van der Waals surface area contributed by atoms with Crippen molar-refractivity contribution in [2.24, 2.45) is 0 Å². The molecule has 0 aliphatic rings. The van der Waals surface area contributed by atoms with Crippen molar-refractivity contribution in [2.75, 3.05) is 0 Å². The third-order valence-electron chi connectivity index (χ3n) is 1.88. The Morgan fingerprint density at radius 1 is 1.19 bits per heavy atom. The van der Waals surface area contributed by atoms with Crippen molar-refractivity contribution in [3.8, 4) is 6.01 Å². The van der Waals surface area contributed by atoms with Gasteiger partial charge in [-0.1, -0.05) is 19.6 Å². The summed E-state index contributed by atoms with van der Waals surface area (Å²) in [5, 5.41) is 0. The molecule has 0 aromatic carbocycles. The Bertz CT molecular complexity index is 430. The number of aromatic nitrogens is 2. The highest BCUT2D eigenvalue weighted by Gasteiger charge is 2.26. The standard InChI is InChI=1S/C10H20N2O2Si2/c1-15(2,3)12-9(13)7-8-11-10(12)14-16(4,5)6/h7-8H,1-6H3. The molecular weight excluding hydrogens is 236 g/mol. The summed E-state index contributed by atoms with van der Waals surface area (Å²) < 4.78 is 7.61. The molecule has 1 rings (SSSR count). The smallest absolute Gasteiger partial charge is 0.276 e. The highest BCUT2D eigenvalue weighted by Crippen LogP contribution is 2.15. The molecule has 1 aromatic heterocycles. The molecule has 1 heterocycles. The zero-order chi connectivity index (χ0) is 12.6. The molecule has 0 saturated carbocycles. The Kier molecular flexibility index (Phi) is 3.44. The van der Waals surface area contributed by atoms with Gasteiger partial charge in [0.1, 0.15) is 0 Å². The molecule has 6 heteroatoms. The molecule has 0 unspecified atom stereocenters. The summed E-state index contributed by atoms with van der Waals surface area (Å²) >= 11 is 0. The van der Waals surface area contributed by atoms with E-state index < -0.39 is 16.6 Å². The minimum Gasteiger partial charge on any atom is -0.519 e. The van der Waals surface area contributed by atoms with Crippen molar-refractivity contribution >= 4 is 16.6 Å². The number of rotatable bonds is 3. The van der Waals surface area contributed by atoms with Gasteiger partial charge in [0, 0.05) is 12.3 Å². The number of nitrogens with zero attached hydrogens (tertiary/aromatic N) is 2. The minimum atomic E-state index is -1.78. The van der Waals surface area contributed by atoms with E-state index >= 15 is 0 Å². The Morgan fingerprint density at radius 2 is 1.75 bits per heavy atom. The van der Waals surface area contributed by atoms with Crippen LogP contribution in [0.5, 0.6) is 6.01 Å². The molecule has 0 radical (unpaired) electrons. The average molecular weight is 256 g/mol. The van der Waals surface area contributed by atoms with E-state index in [4.69, 9.17) is 4.43 Å². The largest absolute Gasteiger partial charge is 0.519 e. The average Bonchev–Trinajstić information content (AvgIpc) is 1.97. The van der Waals surface area contributed by atoms with Gasteiger partial charge in [0.25, 0.3) is 6.01 Å². The molecule has 0 atom stereocenters. The van der Waals surface area contributed by atoms with Crippen LogP contribution in [0.1, 0.15) is 0 Å². The summed E-state index contributed by atoms with van der Waals surface area (Å²) in [5.41, 5.74) is -0.0117. The molecule has 0 amide bonds. The van der Waals surface area contributed by atoms with Crippen molar-refractivity contribution < 1.29 is 4.43 Å². The van der Waals surface area contributed by atoms with Crippen LogP contribution in [0.2, 0.25) is 39.3 Å². The van der Waals surface area contributed by atoms with E-state index in [0.717, 1.165) is 0 Å². The van der Waals surface area contributed by atoms with Crippen molar-refractivity contribution in [3.05, 3.63) is 22.6 Å². The van der Waals surface area contributed by atoms with Crippen LogP contribution in [0.4, 0.5) is 0 Å². The molecule has 0 spiro atoms. The first kappa shape index (κ1) is 13.2. The molecule has 90 valence electrons. The van der Waals surface area contributed by atoms with E-state index in [2.05, 4.69) is 44.3 Å².